The average molecular weight is 387 g/mol. The van der Waals surface area contributed by atoms with Gasteiger partial charge in [0.25, 0.3) is 5.91 Å². The van der Waals surface area contributed by atoms with E-state index in [0.717, 1.165) is 5.56 Å². The van der Waals surface area contributed by atoms with Crippen molar-refractivity contribution in [2.45, 2.75) is 39.9 Å². The summed E-state index contributed by atoms with van der Waals surface area (Å²) in [4.78, 5) is 24.5. The van der Waals surface area contributed by atoms with Crippen molar-refractivity contribution < 1.29 is 18.7 Å². The Hall–Kier alpha value is -2.80. The van der Waals surface area contributed by atoms with Gasteiger partial charge in [0.15, 0.2) is 0 Å². The van der Waals surface area contributed by atoms with E-state index in [2.05, 4.69) is 16.0 Å². The Kier molecular flexibility index (Phi) is 8.55. The number of rotatable bonds is 10. The molecule has 1 aromatic heterocycles. The van der Waals surface area contributed by atoms with Crippen molar-refractivity contribution in [2.75, 3.05) is 13.2 Å². The first-order chi connectivity index (χ1) is 13.5. The number of hydrogen-bond acceptors (Lipinski definition) is 4. The summed E-state index contributed by atoms with van der Waals surface area (Å²) in [6.07, 6.45) is 1.57. The second-order valence-corrected chi connectivity index (χ2v) is 6.80. The molecule has 28 heavy (non-hydrogen) atoms. The van der Waals surface area contributed by atoms with Gasteiger partial charge in [0.1, 0.15) is 5.76 Å². The Bertz CT molecular complexity index is 744. The van der Waals surface area contributed by atoms with Crippen molar-refractivity contribution in [3.8, 4) is 0 Å². The minimum absolute atomic E-state index is 0.0568. The third kappa shape index (κ3) is 7.08. The quantitative estimate of drug-likeness (QED) is 0.584. The van der Waals surface area contributed by atoms with E-state index in [4.69, 9.17) is 9.15 Å². The molecule has 0 aliphatic heterocycles. The molecule has 7 nitrogen and oxygen atoms in total. The molecule has 3 amide bonds. The molecule has 1 heterocycles. The lowest BCUT2D eigenvalue weighted by atomic mass is 10.1. The Morgan fingerprint density at radius 1 is 1.11 bits per heavy atom. The minimum atomic E-state index is -0.258. The molecule has 0 unspecified atom stereocenters. The predicted octanol–water partition coefficient (Wildman–Crippen LogP) is 3.07. The van der Waals surface area contributed by atoms with Crippen molar-refractivity contribution >= 4 is 11.9 Å². The first-order valence-corrected chi connectivity index (χ1v) is 9.51. The Labute approximate surface area is 165 Å². The SMILES string of the molecule is CCOC[C@@H](NC(=O)NCc1cccc(C(=O)NCc2ccco2)c1)C(C)C. The number of carbonyl (C=O) groups excluding carboxylic acids is 2. The molecule has 0 spiro atoms. The van der Waals surface area contributed by atoms with Gasteiger partial charge in [-0.05, 0) is 42.7 Å². The lowest BCUT2D eigenvalue weighted by Gasteiger charge is -2.22. The second kappa shape index (κ2) is 11.1. The highest BCUT2D eigenvalue weighted by molar-refractivity contribution is 5.94. The van der Waals surface area contributed by atoms with Gasteiger partial charge in [0.2, 0.25) is 0 Å². The third-order valence-corrected chi connectivity index (χ3v) is 4.27. The summed E-state index contributed by atoms with van der Waals surface area (Å²) in [7, 11) is 0. The van der Waals surface area contributed by atoms with Crippen molar-refractivity contribution in [3.63, 3.8) is 0 Å². The van der Waals surface area contributed by atoms with Crippen LogP contribution in [-0.2, 0) is 17.8 Å². The molecule has 7 heteroatoms. The maximum absolute atomic E-state index is 12.3. The molecule has 1 atom stereocenters. The molecule has 0 aliphatic rings. The zero-order valence-electron chi connectivity index (χ0n) is 16.7. The largest absolute Gasteiger partial charge is 0.467 e. The van der Waals surface area contributed by atoms with Gasteiger partial charge in [-0.15, -0.1) is 0 Å². The lowest BCUT2D eigenvalue weighted by molar-refractivity contribution is 0.0948. The number of benzene rings is 1. The first kappa shape index (κ1) is 21.5. The van der Waals surface area contributed by atoms with Gasteiger partial charge >= 0.3 is 6.03 Å². The summed E-state index contributed by atoms with van der Waals surface area (Å²) in [5, 5.41) is 8.56. The van der Waals surface area contributed by atoms with Crippen LogP contribution in [0.1, 0.15) is 42.5 Å². The van der Waals surface area contributed by atoms with Gasteiger partial charge in [-0.1, -0.05) is 26.0 Å². The van der Waals surface area contributed by atoms with Gasteiger partial charge in [0.05, 0.1) is 25.5 Å². The van der Waals surface area contributed by atoms with E-state index in [1.54, 1.807) is 36.6 Å². The van der Waals surface area contributed by atoms with Crippen molar-refractivity contribution in [3.05, 3.63) is 59.5 Å². The van der Waals surface area contributed by atoms with Gasteiger partial charge in [-0.2, -0.15) is 0 Å². The van der Waals surface area contributed by atoms with Gasteiger partial charge in [-0.25, -0.2) is 4.79 Å². The molecule has 0 radical (unpaired) electrons. The van der Waals surface area contributed by atoms with Crippen molar-refractivity contribution in [2.24, 2.45) is 5.92 Å². The van der Waals surface area contributed by atoms with Crippen LogP contribution in [0.25, 0.3) is 0 Å². The molecular formula is C21H29N3O4. The van der Waals surface area contributed by atoms with Crippen LogP contribution >= 0.6 is 0 Å². The third-order valence-electron chi connectivity index (χ3n) is 4.27. The number of ether oxygens (including phenoxy) is 1. The molecule has 0 aliphatic carbocycles. The summed E-state index contributed by atoms with van der Waals surface area (Å²) in [5.74, 6) is 0.757. The number of urea groups is 1. The highest BCUT2D eigenvalue weighted by Crippen LogP contribution is 2.07. The molecule has 0 saturated heterocycles. The summed E-state index contributed by atoms with van der Waals surface area (Å²) in [6, 6.07) is 10.4. The van der Waals surface area contributed by atoms with Crippen LogP contribution in [0.4, 0.5) is 4.79 Å². The molecule has 152 valence electrons. The van der Waals surface area contributed by atoms with E-state index in [1.165, 1.54) is 0 Å². The lowest BCUT2D eigenvalue weighted by Crippen LogP contribution is -2.46. The topological polar surface area (TPSA) is 92.6 Å². The molecule has 0 fully saturated rings. The number of hydrogen-bond donors (Lipinski definition) is 3. The fraction of sp³-hybridized carbons (Fsp3) is 0.429. The molecular weight excluding hydrogens is 358 g/mol. The van der Waals surface area contributed by atoms with Gasteiger partial charge in [0, 0.05) is 18.7 Å². The van der Waals surface area contributed by atoms with E-state index in [0.29, 0.717) is 37.6 Å². The summed E-state index contributed by atoms with van der Waals surface area (Å²) in [6.45, 7) is 7.74. The van der Waals surface area contributed by atoms with E-state index in [-0.39, 0.29) is 23.9 Å². The normalized spacial score (nSPS) is 11.9. The van der Waals surface area contributed by atoms with Crippen LogP contribution < -0.4 is 16.0 Å². The maximum atomic E-state index is 12.3. The van der Waals surface area contributed by atoms with Gasteiger partial charge < -0.3 is 25.1 Å². The molecule has 0 saturated carbocycles. The van der Waals surface area contributed by atoms with Crippen LogP contribution in [0.5, 0.6) is 0 Å². The van der Waals surface area contributed by atoms with Crippen LogP contribution in [0.15, 0.2) is 47.1 Å². The Balaban J connectivity index is 1.84. The fourth-order valence-corrected chi connectivity index (χ4v) is 2.55. The molecule has 1 aromatic carbocycles. The molecule has 3 N–H and O–H groups in total. The number of carbonyl (C=O) groups is 2. The molecule has 2 rings (SSSR count). The summed E-state index contributed by atoms with van der Waals surface area (Å²) in [5.41, 5.74) is 1.37. The van der Waals surface area contributed by atoms with Crippen molar-refractivity contribution in [1.82, 2.24) is 16.0 Å². The first-order valence-electron chi connectivity index (χ1n) is 9.51. The van der Waals surface area contributed by atoms with Crippen LogP contribution in [0.2, 0.25) is 0 Å². The van der Waals surface area contributed by atoms with E-state index >= 15 is 0 Å². The zero-order valence-corrected chi connectivity index (χ0v) is 16.7. The minimum Gasteiger partial charge on any atom is -0.467 e. The van der Waals surface area contributed by atoms with Gasteiger partial charge in [-0.3, -0.25) is 4.79 Å². The number of nitrogens with one attached hydrogen (secondary N) is 3. The number of amides is 3. The van der Waals surface area contributed by atoms with Crippen LogP contribution in [-0.4, -0.2) is 31.2 Å². The monoisotopic (exact) mass is 387 g/mol. The molecule has 0 bridgehead atoms. The Morgan fingerprint density at radius 3 is 2.61 bits per heavy atom. The molecule has 2 aromatic rings. The van der Waals surface area contributed by atoms with Crippen LogP contribution in [0, 0.1) is 5.92 Å². The summed E-state index contributed by atoms with van der Waals surface area (Å²) >= 11 is 0. The highest BCUT2D eigenvalue weighted by Gasteiger charge is 2.16. The highest BCUT2D eigenvalue weighted by atomic mass is 16.5. The fourth-order valence-electron chi connectivity index (χ4n) is 2.55. The van der Waals surface area contributed by atoms with Crippen LogP contribution in [0.3, 0.4) is 0 Å². The van der Waals surface area contributed by atoms with E-state index < -0.39 is 0 Å². The maximum Gasteiger partial charge on any atom is 0.315 e. The average Bonchev–Trinajstić information content (AvgIpc) is 3.21. The standard InChI is InChI=1S/C21H29N3O4/c1-4-27-14-19(15(2)3)24-21(26)23-12-16-7-5-8-17(11-16)20(25)22-13-18-9-6-10-28-18/h5-11,15,19H,4,12-14H2,1-3H3,(H,22,25)(H2,23,24,26)/t19-/m1/s1. The smallest absolute Gasteiger partial charge is 0.315 e. The van der Waals surface area contributed by atoms with E-state index in [1.807, 2.05) is 26.8 Å². The van der Waals surface area contributed by atoms with Crippen molar-refractivity contribution in [1.29, 1.82) is 0 Å². The van der Waals surface area contributed by atoms with E-state index in [9.17, 15) is 9.59 Å². The summed E-state index contributed by atoms with van der Waals surface area (Å²) < 4.78 is 10.6. The second-order valence-electron chi connectivity index (χ2n) is 6.80. The zero-order chi connectivity index (χ0) is 20.4. The Morgan fingerprint density at radius 2 is 1.93 bits per heavy atom. The predicted molar refractivity (Wildman–Crippen MR) is 107 cm³/mol. The number of furan rings is 1.